The number of piperazine rings is 1. The number of nitro groups is 1. The molecule has 0 saturated carbocycles. The minimum absolute atomic E-state index is 0.0748. The Morgan fingerprint density at radius 2 is 1.83 bits per heavy atom. The summed E-state index contributed by atoms with van der Waals surface area (Å²) in [6.45, 7) is 8.54. The number of hydrogen-bond acceptors (Lipinski definition) is 9. The van der Waals surface area contributed by atoms with Crippen molar-refractivity contribution in [3.63, 3.8) is 0 Å². The topological polar surface area (TPSA) is 132 Å². The average Bonchev–Trinajstić information content (AvgIpc) is 2.98. The van der Waals surface area contributed by atoms with Crippen molar-refractivity contribution in [3.8, 4) is 0 Å². The first-order chi connectivity index (χ1) is 19.6. The summed E-state index contributed by atoms with van der Waals surface area (Å²) in [7, 11) is -2.08. The number of para-hydroxylation sites is 1. The molecule has 1 unspecified atom stereocenters. The molecule has 0 spiro atoms. The summed E-state index contributed by atoms with van der Waals surface area (Å²) in [5, 5.41) is 15.8. The number of amides is 1. The van der Waals surface area contributed by atoms with E-state index >= 15 is 0 Å². The molecule has 222 valence electrons. The molecule has 2 aromatic rings. The van der Waals surface area contributed by atoms with Gasteiger partial charge in [-0.05, 0) is 45.9 Å². The van der Waals surface area contributed by atoms with Gasteiger partial charge in [-0.2, -0.15) is 9.41 Å². The standard InChI is InChI=1S/C28H39N7O5S/c1-4-32(5-2)28(36)23-10-8-14-33(21-23)26-11-7-6-9-22(26)20-29-30-25-13-12-24(35(37)38)19-27(25)41(39,40)34-17-15-31(3)16-18-34/h6-7,9,11-13,19-20,23,30H,4-5,8,10,14-18,21H2,1-3H3. The molecule has 4 rings (SSSR count). The molecule has 13 heteroatoms. The Labute approximate surface area is 241 Å². The fourth-order valence-electron chi connectivity index (χ4n) is 5.34. The third-order valence-electron chi connectivity index (χ3n) is 7.77. The molecule has 1 amide bonds. The van der Waals surface area contributed by atoms with Gasteiger partial charge in [-0.1, -0.05) is 18.2 Å². The van der Waals surface area contributed by atoms with E-state index in [0.29, 0.717) is 45.8 Å². The molecule has 0 bridgehead atoms. The third kappa shape index (κ3) is 7.03. The number of likely N-dealkylation sites (N-methyl/N-ethyl adjacent to an activating group) is 1. The van der Waals surface area contributed by atoms with Crippen LogP contribution in [0.5, 0.6) is 0 Å². The fraction of sp³-hybridized carbons (Fsp3) is 0.500. The number of hydrazone groups is 1. The molecule has 12 nitrogen and oxygen atoms in total. The van der Waals surface area contributed by atoms with Crippen LogP contribution in [0.25, 0.3) is 0 Å². The van der Waals surface area contributed by atoms with E-state index in [2.05, 4.69) is 15.4 Å². The van der Waals surface area contributed by atoms with Crippen LogP contribution in [0.1, 0.15) is 32.3 Å². The monoisotopic (exact) mass is 585 g/mol. The molecule has 2 saturated heterocycles. The predicted molar refractivity (Wildman–Crippen MR) is 160 cm³/mol. The Morgan fingerprint density at radius 3 is 2.51 bits per heavy atom. The molecule has 2 fully saturated rings. The summed E-state index contributed by atoms with van der Waals surface area (Å²) in [6, 6.07) is 11.4. The molecule has 1 atom stereocenters. The van der Waals surface area contributed by atoms with Crippen molar-refractivity contribution < 1.29 is 18.1 Å². The molecular weight excluding hydrogens is 546 g/mol. The van der Waals surface area contributed by atoms with Gasteiger partial charge in [0.15, 0.2) is 0 Å². The van der Waals surface area contributed by atoms with E-state index in [9.17, 15) is 23.3 Å². The lowest BCUT2D eigenvalue weighted by Crippen LogP contribution is -2.47. The first kappa shape index (κ1) is 30.4. The third-order valence-corrected chi connectivity index (χ3v) is 9.71. The molecule has 2 aliphatic heterocycles. The maximum Gasteiger partial charge on any atom is 0.270 e. The Hall–Kier alpha value is -3.55. The zero-order chi connectivity index (χ0) is 29.6. The van der Waals surface area contributed by atoms with Crippen LogP contribution in [0.4, 0.5) is 17.1 Å². The number of carbonyl (C=O) groups is 1. The summed E-state index contributed by atoms with van der Waals surface area (Å²) in [5.41, 5.74) is 4.41. The number of non-ortho nitro benzene ring substituents is 1. The van der Waals surface area contributed by atoms with E-state index in [0.717, 1.165) is 36.7 Å². The lowest BCUT2D eigenvalue weighted by atomic mass is 9.95. The van der Waals surface area contributed by atoms with E-state index in [4.69, 9.17) is 0 Å². The van der Waals surface area contributed by atoms with Gasteiger partial charge in [0, 0.05) is 75.7 Å². The van der Waals surface area contributed by atoms with Gasteiger partial charge in [0.25, 0.3) is 5.69 Å². The van der Waals surface area contributed by atoms with E-state index in [1.54, 1.807) is 6.21 Å². The molecule has 41 heavy (non-hydrogen) atoms. The van der Waals surface area contributed by atoms with E-state index < -0.39 is 14.9 Å². The lowest BCUT2D eigenvalue weighted by Gasteiger charge is -2.36. The summed E-state index contributed by atoms with van der Waals surface area (Å²) < 4.78 is 28.4. The number of sulfonamides is 1. The van der Waals surface area contributed by atoms with Crippen LogP contribution in [0.2, 0.25) is 0 Å². The number of nitrogens with one attached hydrogen (secondary N) is 1. The number of nitrogens with zero attached hydrogens (tertiary/aromatic N) is 6. The Kier molecular flexibility index (Phi) is 9.94. The van der Waals surface area contributed by atoms with Gasteiger partial charge < -0.3 is 14.7 Å². The number of rotatable bonds is 10. The summed E-state index contributed by atoms with van der Waals surface area (Å²) in [4.78, 5) is 29.8. The molecular formula is C28H39N7O5S. The van der Waals surface area contributed by atoms with Gasteiger partial charge in [-0.25, -0.2) is 8.42 Å². The molecule has 1 N–H and O–H groups in total. The van der Waals surface area contributed by atoms with Crippen LogP contribution in [-0.2, 0) is 14.8 Å². The number of anilines is 2. The van der Waals surface area contributed by atoms with Gasteiger partial charge >= 0.3 is 0 Å². The van der Waals surface area contributed by atoms with E-state index in [1.807, 2.05) is 55.0 Å². The number of hydrogen-bond donors (Lipinski definition) is 1. The first-order valence-corrected chi connectivity index (χ1v) is 15.5. The minimum atomic E-state index is -4.00. The highest BCUT2D eigenvalue weighted by atomic mass is 32.2. The van der Waals surface area contributed by atoms with Gasteiger partial charge in [-0.15, -0.1) is 0 Å². The smallest absolute Gasteiger partial charge is 0.270 e. The van der Waals surface area contributed by atoms with Crippen LogP contribution in [-0.4, -0.2) is 99.0 Å². The first-order valence-electron chi connectivity index (χ1n) is 14.0. The zero-order valence-corrected chi connectivity index (χ0v) is 24.7. The highest BCUT2D eigenvalue weighted by molar-refractivity contribution is 7.89. The molecule has 0 aliphatic carbocycles. The largest absolute Gasteiger partial charge is 0.370 e. The maximum atomic E-state index is 13.5. The predicted octanol–water partition coefficient (Wildman–Crippen LogP) is 3.06. The van der Waals surface area contributed by atoms with Gasteiger partial charge in [0.1, 0.15) is 4.90 Å². The van der Waals surface area contributed by atoms with Crippen LogP contribution in [0.3, 0.4) is 0 Å². The lowest BCUT2D eigenvalue weighted by molar-refractivity contribution is -0.385. The number of piperidine rings is 1. The van der Waals surface area contributed by atoms with Crippen molar-refractivity contribution in [1.29, 1.82) is 0 Å². The Bertz CT molecular complexity index is 1370. The minimum Gasteiger partial charge on any atom is -0.370 e. The number of nitro benzene ring substituents is 1. The van der Waals surface area contributed by atoms with Crippen LogP contribution in [0.15, 0.2) is 52.5 Å². The van der Waals surface area contributed by atoms with Crippen molar-refractivity contribution in [2.75, 3.05) is 69.7 Å². The van der Waals surface area contributed by atoms with Gasteiger partial charge in [0.2, 0.25) is 15.9 Å². The highest BCUT2D eigenvalue weighted by Crippen LogP contribution is 2.30. The second-order valence-corrected chi connectivity index (χ2v) is 12.3. The highest BCUT2D eigenvalue weighted by Gasteiger charge is 2.32. The fourth-order valence-corrected chi connectivity index (χ4v) is 6.93. The maximum absolute atomic E-state index is 13.5. The number of benzene rings is 2. The SMILES string of the molecule is CCN(CC)C(=O)C1CCCN(c2ccccc2C=NNc2ccc([N+](=O)[O-])cc2S(=O)(=O)N2CCN(C)CC2)C1. The second-order valence-electron chi connectivity index (χ2n) is 10.4. The van der Waals surface area contributed by atoms with Gasteiger partial charge in [0.05, 0.1) is 22.7 Å². The molecule has 2 heterocycles. The summed E-state index contributed by atoms with van der Waals surface area (Å²) in [6.07, 6.45) is 3.37. The molecule has 2 aromatic carbocycles. The molecule has 0 aromatic heterocycles. The van der Waals surface area contributed by atoms with E-state index in [-0.39, 0.29) is 28.1 Å². The van der Waals surface area contributed by atoms with Crippen molar-refractivity contribution in [2.45, 2.75) is 31.6 Å². The zero-order valence-electron chi connectivity index (χ0n) is 23.9. The molecule has 2 aliphatic rings. The molecule has 0 radical (unpaired) electrons. The number of carbonyl (C=O) groups excluding carboxylic acids is 1. The average molecular weight is 586 g/mol. The van der Waals surface area contributed by atoms with E-state index in [1.165, 1.54) is 16.4 Å². The Balaban J connectivity index is 1.56. The van der Waals surface area contributed by atoms with Crippen molar-refractivity contribution in [1.82, 2.24) is 14.1 Å². The van der Waals surface area contributed by atoms with Crippen molar-refractivity contribution in [2.24, 2.45) is 11.0 Å². The van der Waals surface area contributed by atoms with Crippen LogP contribution in [0, 0.1) is 16.0 Å². The van der Waals surface area contributed by atoms with Gasteiger partial charge in [-0.3, -0.25) is 20.3 Å². The van der Waals surface area contributed by atoms with Crippen LogP contribution >= 0.6 is 0 Å². The van der Waals surface area contributed by atoms with Crippen molar-refractivity contribution in [3.05, 3.63) is 58.1 Å². The normalized spacial score (nSPS) is 18.9. The Morgan fingerprint density at radius 1 is 1.12 bits per heavy atom. The second kappa shape index (κ2) is 13.4. The quantitative estimate of drug-likeness (QED) is 0.256. The van der Waals surface area contributed by atoms with Crippen LogP contribution < -0.4 is 10.3 Å². The van der Waals surface area contributed by atoms with Crippen molar-refractivity contribution >= 4 is 39.2 Å². The summed E-state index contributed by atoms with van der Waals surface area (Å²) >= 11 is 0. The summed E-state index contributed by atoms with van der Waals surface area (Å²) in [5.74, 6) is 0.106.